The van der Waals surface area contributed by atoms with Crippen LogP contribution in [-0.2, 0) is 31.4 Å². The highest BCUT2D eigenvalue weighted by Gasteiger charge is 2.30. The number of Topliss-reactive ketones (excluding diaryl/α,β-unsaturated/α-hetero) is 2. The van der Waals surface area contributed by atoms with Crippen molar-refractivity contribution in [1.29, 1.82) is 0 Å². The molecule has 2 aromatic carbocycles. The lowest BCUT2D eigenvalue weighted by Crippen LogP contribution is -2.54. The number of ether oxygens (including phenoxy) is 1. The van der Waals surface area contributed by atoms with Gasteiger partial charge in [0.05, 0.1) is 31.7 Å². The molecule has 0 saturated carbocycles. The number of carbonyl (C=O) groups excluding carboxylic acids is 4. The van der Waals surface area contributed by atoms with Crippen molar-refractivity contribution in [3.05, 3.63) is 63.9 Å². The van der Waals surface area contributed by atoms with Gasteiger partial charge in [-0.25, -0.2) is 4.39 Å². The first-order chi connectivity index (χ1) is 18.8. The molecule has 0 bridgehead atoms. The molecule has 40 heavy (non-hydrogen) atoms. The largest absolute Gasteiger partial charge is 0.496 e. The molecule has 0 radical (unpaired) electrons. The van der Waals surface area contributed by atoms with Crippen molar-refractivity contribution >= 4 is 52.7 Å². The Morgan fingerprint density at radius 1 is 1.10 bits per heavy atom. The van der Waals surface area contributed by atoms with Gasteiger partial charge in [0.15, 0.2) is 11.6 Å². The van der Waals surface area contributed by atoms with Crippen LogP contribution in [-0.4, -0.2) is 59.4 Å². The second kappa shape index (κ2) is 15.4. The second-order valence-electron chi connectivity index (χ2n) is 9.37. The van der Waals surface area contributed by atoms with Gasteiger partial charge in [0.1, 0.15) is 17.6 Å². The lowest BCUT2D eigenvalue weighted by atomic mass is 10.0. The first-order valence-electron chi connectivity index (χ1n) is 12.4. The van der Waals surface area contributed by atoms with Crippen molar-refractivity contribution in [2.75, 3.05) is 12.9 Å². The van der Waals surface area contributed by atoms with Gasteiger partial charge in [0.2, 0.25) is 11.8 Å². The third-order valence-corrected chi connectivity index (χ3v) is 7.28. The average Bonchev–Trinajstić information content (AvgIpc) is 2.87. The minimum Gasteiger partial charge on any atom is -0.496 e. The van der Waals surface area contributed by atoms with Crippen LogP contribution in [0, 0.1) is 11.7 Å². The summed E-state index contributed by atoms with van der Waals surface area (Å²) in [5.41, 5.74) is 1.06. The Morgan fingerprint density at radius 3 is 2.38 bits per heavy atom. The third-order valence-electron chi connectivity index (χ3n) is 5.94. The minimum absolute atomic E-state index is 0.0734. The highest BCUT2D eigenvalue weighted by atomic mass is 35.5. The summed E-state index contributed by atoms with van der Waals surface area (Å²) in [6.45, 7) is 4.76. The molecule has 3 N–H and O–H groups in total. The quantitative estimate of drug-likeness (QED) is 0.264. The fraction of sp³-hybridized carbons (Fsp3) is 0.393. The van der Waals surface area contributed by atoms with E-state index in [0.717, 1.165) is 11.8 Å². The van der Waals surface area contributed by atoms with E-state index in [1.165, 1.54) is 32.2 Å². The Morgan fingerprint density at radius 2 is 1.80 bits per heavy atom. The summed E-state index contributed by atoms with van der Waals surface area (Å²) in [5.74, 6) is -3.99. The van der Waals surface area contributed by atoms with E-state index in [-0.39, 0.29) is 34.3 Å². The van der Waals surface area contributed by atoms with Crippen LogP contribution in [0.1, 0.15) is 48.7 Å². The molecule has 0 aliphatic carbocycles. The number of hydrogen-bond donors (Lipinski definition) is 3. The van der Waals surface area contributed by atoms with Gasteiger partial charge in [-0.2, -0.15) is 0 Å². The zero-order valence-electron chi connectivity index (χ0n) is 22.6. The molecule has 0 aliphatic heterocycles. The topological polar surface area (TPSA) is 139 Å². The Balaban J connectivity index is 2.09. The van der Waals surface area contributed by atoms with Crippen LogP contribution in [0.25, 0.3) is 0 Å². The second-order valence-corrected chi connectivity index (χ2v) is 10.8. The van der Waals surface area contributed by atoms with E-state index in [9.17, 15) is 33.5 Å². The monoisotopic (exact) mass is 594 g/mol. The van der Waals surface area contributed by atoms with E-state index in [1.807, 2.05) is 0 Å². The molecule has 0 aromatic heterocycles. The summed E-state index contributed by atoms with van der Waals surface area (Å²) in [7, 11) is 1.43. The number of methoxy groups -OCH3 is 1. The number of nitrogens with one attached hydrogen (secondary N) is 2. The summed E-state index contributed by atoms with van der Waals surface area (Å²) < 4.78 is 19.3. The Bertz CT molecular complexity index is 1250. The molecule has 2 rings (SSSR count). The average molecular weight is 595 g/mol. The van der Waals surface area contributed by atoms with Gasteiger partial charge in [-0.1, -0.05) is 31.5 Å². The molecule has 2 unspecified atom stereocenters. The fourth-order valence-corrected chi connectivity index (χ4v) is 5.09. The molecule has 2 atom stereocenters. The number of ketones is 2. The highest BCUT2D eigenvalue weighted by molar-refractivity contribution is 7.99. The fourth-order valence-electron chi connectivity index (χ4n) is 3.77. The molecule has 0 aliphatic rings. The number of rotatable bonds is 15. The van der Waals surface area contributed by atoms with Crippen LogP contribution in [0.4, 0.5) is 4.39 Å². The van der Waals surface area contributed by atoms with E-state index < -0.39 is 53.8 Å². The van der Waals surface area contributed by atoms with E-state index in [0.29, 0.717) is 16.9 Å². The first kappa shape index (κ1) is 32.8. The maximum atomic E-state index is 14.0. The van der Waals surface area contributed by atoms with Crippen molar-refractivity contribution < 1.29 is 38.2 Å². The molecule has 2 amide bonds. The predicted molar refractivity (Wildman–Crippen MR) is 150 cm³/mol. The number of aliphatic carboxylic acids is 1. The molecule has 0 fully saturated rings. The highest BCUT2D eigenvalue weighted by Crippen LogP contribution is 2.24. The summed E-state index contributed by atoms with van der Waals surface area (Å²) >= 11 is 7.05. The molecular weight excluding hydrogens is 563 g/mol. The number of carboxylic acids is 1. The van der Waals surface area contributed by atoms with Crippen LogP contribution in [0.5, 0.6) is 5.75 Å². The van der Waals surface area contributed by atoms with Gasteiger partial charge in [-0.15, -0.1) is 11.8 Å². The zero-order valence-corrected chi connectivity index (χ0v) is 24.2. The molecule has 0 spiro atoms. The van der Waals surface area contributed by atoms with E-state index in [2.05, 4.69) is 10.6 Å². The Kier molecular flexibility index (Phi) is 12.6. The molecule has 2 aromatic rings. The van der Waals surface area contributed by atoms with Gasteiger partial charge < -0.3 is 20.5 Å². The lowest BCUT2D eigenvalue weighted by Gasteiger charge is -2.25. The smallest absolute Gasteiger partial charge is 0.305 e. The van der Waals surface area contributed by atoms with Crippen molar-refractivity contribution in [3.8, 4) is 5.75 Å². The van der Waals surface area contributed by atoms with Crippen LogP contribution >= 0.6 is 23.4 Å². The van der Waals surface area contributed by atoms with Crippen molar-refractivity contribution in [2.45, 2.75) is 51.4 Å². The van der Waals surface area contributed by atoms with Gasteiger partial charge in [-0.3, -0.25) is 24.0 Å². The van der Waals surface area contributed by atoms with Crippen LogP contribution in [0.15, 0.2) is 36.4 Å². The summed E-state index contributed by atoms with van der Waals surface area (Å²) in [6, 6.07) is 6.47. The number of carboxylic acid groups (broad SMARTS) is 1. The number of benzene rings is 2. The Labute approximate surface area is 241 Å². The SMILES string of the molecule is COc1ccc(C(C)=O)cc1CC(=O)NC(C(=O)NC(CC(=O)O)C(=O)CSCc1c(F)cccc1Cl)C(C)C. The molecule has 216 valence electrons. The van der Waals surface area contributed by atoms with E-state index in [4.69, 9.17) is 16.3 Å². The van der Waals surface area contributed by atoms with Crippen LogP contribution in [0.2, 0.25) is 5.02 Å². The van der Waals surface area contributed by atoms with Crippen LogP contribution in [0.3, 0.4) is 0 Å². The maximum absolute atomic E-state index is 14.0. The predicted octanol–water partition coefficient (Wildman–Crippen LogP) is 3.84. The van der Waals surface area contributed by atoms with E-state index in [1.54, 1.807) is 32.0 Å². The summed E-state index contributed by atoms with van der Waals surface area (Å²) in [6.07, 6.45) is -0.854. The summed E-state index contributed by atoms with van der Waals surface area (Å²) in [4.78, 5) is 62.0. The molecule has 0 saturated heterocycles. The number of halogens is 2. The van der Waals surface area contributed by atoms with E-state index >= 15 is 0 Å². The lowest BCUT2D eigenvalue weighted by molar-refractivity contribution is -0.140. The summed E-state index contributed by atoms with van der Waals surface area (Å²) in [5, 5.41) is 14.6. The number of thioether (sulfide) groups is 1. The minimum atomic E-state index is -1.36. The van der Waals surface area contributed by atoms with Gasteiger partial charge in [0.25, 0.3) is 0 Å². The molecule has 0 heterocycles. The van der Waals surface area contributed by atoms with Crippen molar-refractivity contribution in [3.63, 3.8) is 0 Å². The molecule has 9 nitrogen and oxygen atoms in total. The Hall–Kier alpha value is -3.44. The van der Waals surface area contributed by atoms with Crippen molar-refractivity contribution in [1.82, 2.24) is 10.6 Å². The standard InChI is InChI=1S/C28H32ClFN2O7S/c1-15(2)27(32-25(35)11-18-10-17(16(3)33)8-9-24(18)39-4)28(38)31-22(12-26(36)37)23(34)14-40-13-19-20(29)6-5-7-21(19)30/h5-10,15,22,27H,11-14H2,1-4H3,(H,31,38)(H,32,35)(H,36,37). The zero-order chi connectivity index (χ0) is 30.0. The normalized spacial score (nSPS) is 12.4. The molecule has 12 heteroatoms. The third kappa shape index (κ3) is 9.63. The van der Waals surface area contributed by atoms with Gasteiger partial charge in [-0.05, 0) is 43.2 Å². The molecular formula is C28H32ClFN2O7S. The van der Waals surface area contributed by atoms with Gasteiger partial charge >= 0.3 is 5.97 Å². The number of carbonyl (C=O) groups is 5. The van der Waals surface area contributed by atoms with Gasteiger partial charge in [0, 0.05) is 27.5 Å². The number of hydrogen-bond acceptors (Lipinski definition) is 7. The first-order valence-corrected chi connectivity index (χ1v) is 13.9. The maximum Gasteiger partial charge on any atom is 0.305 e. The van der Waals surface area contributed by atoms with Crippen molar-refractivity contribution in [2.24, 2.45) is 5.92 Å². The number of amides is 2. The van der Waals surface area contributed by atoms with Crippen LogP contribution < -0.4 is 15.4 Å².